The Morgan fingerprint density at radius 1 is 1.29 bits per heavy atom. The number of hydrogen-bond acceptors (Lipinski definition) is 2. The van der Waals surface area contributed by atoms with Gasteiger partial charge < -0.3 is 15.0 Å². The van der Waals surface area contributed by atoms with Crippen LogP contribution in [0, 0.1) is 11.3 Å². The molecule has 1 aliphatic heterocycles. The van der Waals surface area contributed by atoms with Gasteiger partial charge in [-0.15, -0.1) is 24.0 Å². The number of hydrogen-bond donors (Lipinski definition) is 1. The molecule has 126 valence electrons. The first kappa shape index (κ1) is 21.0. The molecule has 1 rings (SSSR count). The van der Waals surface area contributed by atoms with Gasteiger partial charge in [-0.2, -0.15) is 0 Å². The highest BCUT2D eigenvalue weighted by Crippen LogP contribution is 2.19. The van der Waals surface area contributed by atoms with Crippen molar-refractivity contribution in [2.75, 3.05) is 40.4 Å². The van der Waals surface area contributed by atoms with Crippen LogP contribution in [0.5, 0.6) is 0 Å². The standard InChI is InChI=1S/C16H33N3O.HI/c1-16(2,3)9-10-18-15(17-4)19(5)11-6-14-7-12-20-13-8-14;/h14H,6-13H2,1-5H3,(H,17,18);1H. The Bertz CT molecular complexity index is 296. The molecule has 0 aliphatic carbocycles. The molecule has 0 bridgehead atoms. The third kappa shape index (κ3) is 9.55. The van der Waals surface area contributed by atoms with E-state index in [-0.39, 0.29) is 24.0 Å². The van der Waals surface area contributed by atoms with Crippen LogP contribution in [-0.2, 0) is 4.74 Å². The lowest BCUT2D eigenvalue weighted by atomic mass is 9.92. The Morgan fingerprint density at radius 3 is 2.43 bits per heavy atom. The monoisotopic (exact) mass is 411 g/mol. The predicted octanol–water partition coefficient (Wildman–Crippen LogP) is 3.36. The molecule has 0 aromatic rings. The molecular formula is C16H34IN3O. The number of rotatable bonds is 5. The first-order valence-corrected chi connectivity index (χ1v) is 7.92. The number of halogens is 1. The van der Waals surface area contributed by atoms with Crippen molar-refractivity contribution >= 4 is 29.9 Å². The molecule has 1 saturated heterocycles. The number of ether oxygens (including phenoxy) is 1. The number of nitrogens with one attached hydrogen (secondary N) is 1. The van der Waals surface area contributed by atoms with Gasteiger partial charge in [-0.3, -0.25) is 4.99 Å². The molecule has 5 heteroatoms. The van der Waals surface area contributed by atoms with Gasteiger partial charge in [0.05, 0.1) is 0 Å². The minimum atomic E-state index is 0. The summed E-state index contributed by atoms with van der Waals surface area (Å²) in [7, 11) is 4.00. The van der Waals surface area contributed by atoms with Gasteiger partial charge in [-0.25, -0.2) is 0 Å². The van der Waals surface area contributed by atoms with Crippen LogP contribution in [-0.4, -0.2) is 51.3 Å². The average molecular weight is 411 g/mol. The summed E-state index contributed by atoms with van der Waals surface area (Å²) in [4.78, 5) is 6.63. The highest BCUT2D eigenvalue weighted by molar-refractivity contribution is 14.0. The Labute approximate surface area is 148 Å². The summed E-state index contributed by atoms with van der Waals surface area (Å²) in [5, 5.41) is 3.46. The predicted molar refractivity (Wildman–Crippen MR) is 102 cm³/mol. The minimum Gasteiger partial charge on any atom is -0.381 e. The largest absolute Gasteiger partial charge is 0.381 e. The lowest BCUT2D eigenvalue weighted by Gasteiger charge is -2.27. The molecule has 0 unspecified atom stereocenters. The van der Waals surface area contributed by atoms with Crippen molar-refractivity contribution in [3.8, 4) is 0 Å². The summed E-state index contributed by atoms with van der Waals surface area (Å²) in [6.07, 6.45) is 4.81. The van der Waals surface area contributed by atoms with Crippen molar-refractivity contribution in [3.63, 3.8) is 0 Å². The zero-order valence-electron chi connectivity index (χ0n) is 14.4. The van der Waals surface area contributed by atoms with Crippen LogP contribution < -0.4 is 5.32 Å². The smallest absolute Gasteiger partial charge is 0.193 e. The van der Waals surface area contributed by atoms with Gasteiger partial charge in [0, 0.05) is 40.4 Å². The lowest BCUT2D eigenvalue weighted by molar-refractivity contribution is 0.0625. The first-order chi connectivity index (χ1) is 9.42. The molecule has 1 fully saturated rings. The van der Waals surface area contributed by atoms with E-state index in [1.54, 1.807) is 0 Å². The fourth-order valence-electron chi connectivity index (χ4n) is 2.45. The quantitative estimate of drug-likeness (QED) is 0.428. The van der Waals surface area contributed by atoms with Gasteiger partial charge >= 0.3 is 0 Å². The molecular weight excluding hydrogens is 377 g/mol. The lowest BCUT2D eigenvalue weighted by Crippen LogP contribution is -2.41. The van der Waals surface area contributed by atoms with E-state index in [0.29, 0.717) is 5.41 Å². The van der Waals surface area contributed by atoms with Gasteiger partial charge in [0.15, 0.2) is 5.96 Å². The normalized spacial score (nSPS) is 17.3. The van der Waals surface area contributed by atoms with Gasteiger partial charge in [-0.1, -0.05) is 20.8 Å². The highest BCUT2D eigenvalue weighted by Gasteiger charge is 2.16. The SMILES string of the molecule is CN=C(NCCC(C)(C)C)N(C)CCC1CCOCC1.I. The van der Waals surface area contributed by atoms with Crippen molar-refractivity contribution in [1.82, 2.24) is 10.2 Å². The van der Waals surface area contributed by atoms with E-state index < -0.39 is 0 Å². The molecule has 0 spiro atoms. The van der Waals surface area contributed by atoms with Crippen molar-refractivity contribution in [3.05, 3.63) is 0 Å². The van der Waals surface area contributed by atoms with Crippen molar-refractivity contribution < 1.29 is 4.74 Å². The third-order valence-electron chi connectivity index (χ3n) is 3.95. The molecule has 0 atom stereocenters. The van der Waals surface area contributed by atoms with E-state index in [0.717, 1.165) is 44.6 Å². The maximum atomic E-state index is 5.41. The minimum absolute atomic E-state index is 0. The van der Waals surface area contributed by atoms with Gasteiger partial charge in [0.2, 0.25) is 0 Å². The molecule has 0 amide bonds. The van der Waals surface area contributed by atoms with E-state index in [1.165, 1.54) is 19.3 Å². The molecule has 21 heavy (non-hydrogen) atoms. The Hall–Kier alpha value is -0.0400. The molecule has 0 radical (unpaired) electrons. The van der Waals surface area contributed by atoms with Gasteiger partial charge in [0.1, 0.15) is 0 Å². The first-order valence-electron chi connectivity index (χ1n) is 7.92. The summed E-state index contributed by atoms with van der Waals surface area (Å²) in [5.74, 6) is 1.83. The highest BCUT2D eigenvalue weighted by atomic mass is 127. The fourth-order valence-corrected chi connectivity index (χ4v) is 2.45. The second-order valence-corrected chi connectivity index (χ2v) is 7.05. The molecule has 1 aliphatic rings. The second kappa shape index (κ2) is 10.6. The van der Waals surface area contributed by atoms with Crippen LogP contribution in [0.15, 0.2) is 4.99 Å². The number of nitrogens with zero attached hydrogens (tertiary/aromatic N) is 2. The molecule has 0 aromatic carbocycles. The van der Waals surface area contributed by atoms with Crippen molar-refractivity contribution in [2.45, 2.75) is 46.5 Å². The van der Waals surface area contributed by atoms with E-state index in [2.05, 4.69) is 43.0 Å². The van der Waals surface area contributed by atoms with Crippen LogP contribution in [0.2, 0.25) is 0 Å². The maximum absolute atomic E-state index is 5.41. The fraction of sp³-hybridized carbons (Fsp3) is 0.938. The average Bonchev–Trinajstić information content (AvgIpc) is 2.41. The molecule has 0 saturated carbocycles. The van der Waals surface area contributed by atoms with Crippen LogP contribution in [0.1, 0.15) is 46.5 Å². The molecule has 1 heterocycles. The Balaban J connectivity index is 0.00000400. The molecule has 4 nitrogen and oxygen atoms in total. The molecule has 0 aromatic heterocycles. The third-order valence-corrected chi connectivity index (χ3v) is 3.95. The molecule has 1 N–H and O–H groups in total. The Kier molecular flexibility index (Phi) is 10.6. The van der Waals surface area contributed by atoms with Gasteiger partial charge in [0.25, 0.3) is 0 Å². The summed E-state index contributed by atoms with van der Waals surface area (Å²) < 4.78 is 5.41. The van der Waals surface area contributed by atoms with Crippen LogP contribution in [0.4, 0.5) is 0 Å². The summed E-state index contributed by atoms with van der Waals surface area (Å²) in [6, 6.07) is 0. The number of aliphatic imine (C=N–C) groups is 1. The van der Waals surface area contributed by atoms with E-state index in [4.69, 9.17) is 4.74 Å². The zero-order chi connectivity index (χ0) is 15.0. The van der Waals surface area contributed by atoms with E-state index in [1.807, 2.05) is 7.05 Å². The topological polar surface area (TPSA) is 36.9 Å². The van der Waals surface area contributed by atoms with Crippen LogP contribution in [0.25, 0.3) is 0 Å². The van der Waals surface area contributed by atoms with Crippen molar-refractivity contribution in [2.24, 2.45) is 16.3 Å². The second-order valence-electron chi connectivity index (χ2n) is 7.05. The summed E-state index contributed by atoms with van der Waals surface area (Å²) >= 11 is 0. The van der Waals surface area contributed by atoms with E-state index >= 15 is 0 Å². The van der Waals surface area contributed by atoms with Crippen LogP contribution in [0.3, 0.4) is 0 Å². The van der Waals surface area contributed by atoms with Crippen LogP contribution >= 0.6 is 24.0 Å². The Morgan fingerprint density at radius 2 is 1.90 bits per heavy atom. The summed E-state index contributed by atoms with van der Waals surface area (Å²) in [6.45, 7) is 10.7. The summed E-state index contributed by atoms with van der Waals surface area (Å²) in [5.41, 5.74) is 0.368. The maximum Gasteiger partial charge on any atom is 0.193 e. The number of guanidine groups is 1. The van der Waals surface area contributed by atoms with E-state index in [9.17, 15) is 0 Å². The van der Waals surface area contributed by atoms with Crippen molar-refractivity contribution in [1.29, 1.82) is 0 Å². The van der Waals surface area contributed by atoms with Gasteiger partial charge in [-0.05, 0) is 37.0 Å². The zero-order valence-corrected chi connectivity index (χ0v) is 16.8.